The first-order chi connectivity index (χ1) is 9.72. The quantitative estimate of drug-likeness (QED) is 0.867. The zero-order chi connectivity index (χ0) is 14.4. The van der Waals surface area contributed by atoms with Gasteiger partial charge in [-0.2, -0.15) is 0 Å². The number of methoxy groups -OCH3 is 1. The molecular formula is C16H25NO3. The monoisotopic (exact) mass is 279 g/mol. The summed E-state index contributed by atoms with van der Waals surface area (Å²) in [4.78, 5) is 2.26. The van der Waals surface area contributed by atoms with Crippen molar-refractivity contribution in [3.8, 4) is 5.75 Å². The number of likely N-dealkylation sites (N-methyl/N-ethyl adjacent to an activating group) is 1. The number of hydrogen-bond acceptors (Lipinski definition) is 4. The topological polar surface area (TPSA) is 41.9 Å². The lowest BCUT2D eigenvalue weighted by molar-refractivity contribution is -0.00268. The van der Waals surface area contributed by atoms with E-state index in [2.05, 4.69) is 11.9 Å². The lowest BCUT2D eigenvalue weighted by Gasteiger charge is -2.27. The molecule has 1 atom stereocenters. The predicted octanol–water partition coefficient (Wildman–Crippen LogP) is 2.19. The van der Waals surface area contributed by atoms with Gasteiger partial charge in [0.1, 0.15) is 5.75 Å². The Hall–Kier alpha value is -1.10. The Labute approximate surface area is 121 Å². The summed E-state index contributed by atoms with van der Waals surface area (Å²) in [7, 11) is 3.78. The Kier molecular flexibility index (Phi) is 5.83. The Bertz CT molecular complexity index is 416. The van der Waals surface area contributed by atoms with Gasteiger partial charge in [-0.05, 0) is 44.0 Å². The zero-order valence-corrected chi connectivity index (χ0v) is 12.5. The Morgan fingerprint density at radius 1 is 1.40 bits per heavy atom. The van der Waals surface area contributed by atoms with Gasteiger partial charge in [0.05, 0.1) is 19.8 Å². The minimum atomic E-state index is 0.0619. The molecule has 0 amide bonds. The molecule has 1 aliphatic rings. The smallest absolute Gasteiger partial charge is 0.123 e. The molecule has 1 aromatic rings. The summed E-state index contributed by atoms with van der Waals surface area (Å²) in [6.45, 7) is 2.69. The van der Waals surface area contributed by atoms with Crippen LogP contribution in [0.25, 0.3) is 0 Å². The number of ether oxygens (including phenoxy) is 2. The van der Waals surface area contributed by atoms with Gasteiger partial charge in [0.2, 0.25) is 0 Å². The fraction of sp³-hybridized carbons (Fsp3) is 0.625. The molecule has 0 saturated carbocycles. The molecule has 1 unspecified atom stereocenters. The lowest BCUT2D eigenvalue weighted by Crippen LogP contribution is -2.33. The number of rotatable bonds is 6. The molecular weight excluding hydrogens is 254 g/mol. The van der Waals surface area contributed by atoms with E-state index in [0.717, 1.165) is 43.0 Å². The molecule has 1 heterocycles. The van der Waals surface area contributed by atoms with Crippen LogP contribution in [-0.2, 0) is 17.9 Å². The first-order valence-electron chi connectivity index (χ1n) is 7.29. The molecule has 1 N–H and O–H groups in total. The second kappa shape index (κ2) is 7.62. The molecule has 1 aliphatic heterocycles. The van der Waals surface area contributed by atoms with Crippen LogP contribution in [0.15, 0.2) is 18.2 Å². The van der Waals surface area contributed by atoms with Crippen molar-refractivity contribution in [1.82, 2.24) is 4.90 Å². The van der Waals surface area contributed by atoms with E-state index in [1.165, 1.54) is 12.8 Å². The fourth-order valence-corrected chi connectivity index (χ4v) is 2.71. The summed E-state index contributed by atoms with van der Waals surface area (Å²) in [5, 5.41) is 9.25. The van der Waals surface area contributed by atoms with Gasteiger partial charge in [-0.25, -0.2) is 0 Å². The fourth-order valence-electron chi connectivity index (χ4n) is 2.71. The highest BCUT2D eigenvalue weighted by Crippen LogP contribution is 2.22. The van der Waals surface area contributed by atoms with Crippen molar-refractivity contribution in [2.75, 3.05) is 27.3 Å². The molecule has 0 aliphatic carbocycles. The van der Waals surface area contributed by atoms with Crippen molar-refractivity contribution in [3.05, 3.63) is 29.3 Å². The first-order valence-corrected chi connectivity index (χ1v) is 7.29. The van der Waals surface area contributed by atoms with Crippen molar-refractivity contribution < 1.29 is 14.6 Å². The normalized spacial score (nSPS) is 19.3. The second-order valence-electron chi connectivity index (χ2n) is 5.49. The third-order valence-electron chi connectivity index (χ3n) is 3.76. The maximum atomic E-state index is 9.25. The van der Waals surface area contributed by atoms with E-state index < -0.39 is 0 Å². The van der Waals surface area contributed by atoms with Gasteiger partial charge >= 0.3 is 0 Å². The van der Waals surface area contributed by atoms with E-state index in [-0.39, 0.29) is 6.61 Å². The predicted molar refractivity (Wildman–Crippen MR) is 78.8 cm³/mol. The molecule has 4 nitrogen and oxygen atoms in total. The molecule has 112 valence electrons. The Balaban J connectivity index is 1.96. The van der Waals surface area contributed by atoms with Crippen LogP contribution in [0.1, 0.15) is 30.4 Å². The number of aliphatic hydroxyl groups excluding tert-OH is 1. The molecule has 0 spiro atoms. The summed E-state index contributed by atoms with van der Waals surface area (Å²) in [6.07, 6.45) is 3.95. The van der Waals surface area contributed by atoms with E-state index >= 15 is 0 Å². The van der Waals surface area contributed by atoms with Crippen LogP contribution in [0.3, 0.4) is 0 Å². The summed E-state index contributed by atoms with van der Waals surface area (Å²) < 4.78 is 11.2. The van der Waals surface area contributed by atoms with Gasteiger partial charge in [0.15, 0.2) is 0 Å². The molecule has 1 fully saturated rings. The standard InChI is InChI=1S/C16H25NO3/c1-17(11-15-5-3-4-8-20-15)10-14-9-13(12-18)6-7-16(14)19-2/h6-7,9,15,18H,3-5,8,10-12H2,1-2H3. The highest BCUT2D eigenvalue weighted by atomic mass is 16.5. The third-order valence-corrected chi connectivity index (χ3v) is 3.76. The van der Waals surface area contributed by atoms with Crippen molar-refractivity contribution >= 4 is 0 Å². The van der Waals surface area contributed by atoms with Crippen LogP contribution in [0, 0.1) is 0 Å². The lowest BCUT2D eigenvalue weighted by atomic mass is 10.1. The molecule has 0 radical (unpaired) electrons. The van der Waals surface area contributed by atoms with E-state index in [0.29, 0.717) is 6.10 Å². The van der Waals surface area contributed by atoms with Gasteiger partial charge in [0, 0.05) is 25.3 Å². The summed E-state index contributed by atoms with van der Waals surface area (Å²) in [6, 6.07) is 5.83. The van der Waals surface area contributed by atoms with Gasteiger partial charge in [-0.1, -0.05) is 6.07 Å². The number of aliphatic hydroxyl groups is 1. The second-order valence-corrected chi connectivity index (χ2v) is 5.49. The van der Waals surface area contributed by atoms with Gasteiger partial charge in [-0.3, -0.25) is 4.90 Å². The Morgan fingerprint density at radius 3 is 2.90 bits per heavy atom. The average Bonchev–Trinajstić information content (AvgIpc) is 2.48. The van der Waals surface area contributed by atoms with Gasteiger partial charge in [0.25, 0.3) is 0 Å². The van der Waals surface area contributed by atoms with E-state index in [1.54, 1.807) is 7.11 Å². The maximum Gasteiger partial charge on any atom is 0.123 e. The summed E-state index contributed by atoms with van der Waals surface area (Å²) >= 11 is 0. The minimum absolute atomic E-state index is 0.0619. The highest BCUT2D eigenvalue weighted by molar-refractivity contribution is 5.37. The van der Waals surface area contributed by atoms with Crippen LogP contribution in [0.5, 0.6) is 5.75 Å². The number of hydrogen-bond donors (Lipinski definition) is 1. The van der Waals surface area contributed by atoms with Crippen LogP contribution < -0.4 is 4.74 Å². The summed E-state index contributed by atoms with van der Waals surface area (Å²) in [5.41, 5.74) is 2.03. The van der Waals surface area contributed by atoms with Crippen LogP contribution >= 0.6 is 0 Å². The Morgan fingerprint density at radius 2 is 2.25 bits per heavy atom. The van der Waals surface area contributed by atoms with E-state index in [9.17, 15) is 5.11 Å². The van der Waals surface area contributed by atoms with Crippen molar-refractivity contribution in [2.24, 2.45) is 0 Å². The van der Waals surface area contributed by atoms with Crippen molar-refractivity contribution in [2.45, 2.75) is 38.5 Å². The number of benzene rings is 1. The average molecular weight is 279 g/mol. The first kappa shape index (κ1) is 15.3. The van der Waals surface area contributed by atoms with Gasteiger partial charge in [-0.15, -0.1) is 0 Å². The summed E-state index contributed by atoms with van der Waals surface area (Å²) in [5.74, 6) is 0.874. The van der Waals surface area contributed by atoms with Crippen molar-refractivity contribution in [3.63, 3.8) is 0 Å². The van der Waals surface area contributed by atoms with Gasteiger partial charge < -0.3 is 14.6 Å². The molecule has 2 rings (SSSR count). The largest absolute Gasteiger partial charge is 0.496 e. The van der Waals surface area contributed by atoms with E-state index in [4.69, 9.17) is 9.47 Å². The molecule has 0 aromatic heterocycles. The molecule has 1 saturated heterocycles. The van der Waals surface area contributed by atoms with Crippen LogP contribution in [-0.4, -0.2) is 43.4 Å². The molecule has 4 heteroatoms. The maximum absolute atomic E-state index is 9.25. The van der Waals surface area contributed by atoms with Crippen LogP contribution in [0.2, 0.25) is 0 Å². The molecule has 20 heavy (non-hydrogen) atoms. The zero-order valence-electron chi connectivity index (χ0n) is 12.5. The van der Waals surface area contributed by atoms with Crippen molar-refractivity contribution in [1.29, 1.82) is 0 Å². The van der Waals surface area contributed by atoms with E-state index in [1.807, 2.05) is 18.2 Å². The number of nitrogens with zero attached hydrogens (tertiary/aromatic N) is 1. The van der Waals surface area contributed by atoms with Crippen LogP contribution in [0.4, 0.5) is 0 Å². The SMILES string of the molecule is COc1ccc(CO)cc1CN(C)CC1CCCCO1. The molecule has 1 aromatic carbocycles. The minimum Gasteiger partial charge on any atom is -0.496 e. The molecule has 0 bridgehead atoms. The third kappa shape index (κ3) is 4.20. The highest BCUT2D eigenvalue weighted by Gasteiger charge is 2.16.